The van der Waals surface area contributed by atoms with Gasteiger partial charge in [0.15, 0.2) is 5.69 Å². The number of benzene rings is 1. The van der Waals surface area contributed by atoms with Crippen molar-refractivity contribution in [3.8, 4) is 11.6 Å². The molecule has 0 amide bonds. The first-order valence-corrected chi connectivity index (χ1v) is 7.11. The Morgan fingerprint density at radius 1 is 1.19 bits per heavy atom. The molecule has 0 unspecified atom stereocenters. The molecule has 2 aromatic rings. The lowest BCUT2D eigenvalue weighted by atomic mass is 10.3. The molecule has 1 aromatic carbocycles. The maximum atomic E-state index is 12.8. The average molecular weight is 315 g/mol. The summed E-state index contributed by atoms with van der Waals surface area (Å²) in [6, 6.07) is 7.81. The second kappa shape index (κ2) is 6.21. The van der Waals surface area contributed by atoms with E-state index < -0.39 is 11.9 Å². The number of para-hydroxylation sites is 1. The summed E-state index contributed by atoms with van der Waals surface area (Å²) in [4.78, 5) is 8.06. The highest BCUT2D eigenvalue weighted by Crippen LogP contribution is 2.34. The molecule has 0 aliphatic rings. The van der Waals surface area contributed by atoms with Crippen molar-refractivity contribution in [3.05, 3.63) is 36.0 Å². The fourth-order valence-electron chi connectivity index (χ4n) is 1.55. The molecule has 0 aliphatic carbocycles. The molecule has 0 aliphatic heterocycles. The van der Waals surface area contributed by atoms with Gasteiger partial charge in [-0.2, -0.15) is 18.2 Å². The van der Waals surface area contributed by atoms with Gasteiger partial charge in [0, 0.05) is 18.0 Å². The summed E-state index contributed by atoms with van der Waals surface area (Å²) in [5, 5.41) is 2.49. The molecule has 21 heavy (non-hydrogen) atoms. The second-order valence-electron chi connectivity index (χ2n) is 3.92. The SMILES string of the molecule is CNc1nc(Oc2ccccc2SC)cc(C(F)(F)F)n1. The van der Waals surface area contributed by atoms with Gasteiger partial charge in [0.1, 0.15) is 5.75 Å². The predicted molar refractivity (Wildman–Crippen MR) is 74.9 cm³/mol. The zero-order valence-corrected chi connectivity index (χ0v) is 12.0. The number of rotatable bonds is 4. The number of aromatic nitrogens is 2. The van der Waals surface area contributed by atoms with Crippen LogP contribution >= 0.6 is 11.8 Å². The highest BCUT2D eigenvalue weighted by Gasteiger charge is 2.34. The first kappa shape index (κ1) is 15.4. The van der Waals surface area contributed by atoms with Crippen LogP contribution in [0.3, 0.4) is 0 Å². The quantitative estimate of drug-likeness (QED) is 0.863. The van der Waals surface area contributed by atoms with E-state index in [1.54, 1.807) is 12.1 Å². The number of halogens is 3. The van der Waals surface area contributed by atoms with E-state index in [1.807, 2.05) is 18.4 Å². The van der Waals surface area contributed by atoms with E-state index in [0.29, 0.717) is 5.75 Å². The Hall–Kier alpha value is -1.96. The molecule has 8 heteroatoms. The molecule has 0 radical (unpaired) electrons. The zero-order chi connectivity index (χ0) is 15.5. The van der Waals surface area contributed by atoms with Gasteiger partial charge < -0.3 is 10.1 Å². The maximum Gasteiger partial charge on any atom is 0.433 e. The molecule has 1 heterocycles. The van der Waals surface area contributed by atoms with E-state index in [2.05, 4.69) is 15.3 Å². The molecule has 0 atom stereocenters. The summed E-state index contributed by atoms with van der Waals surface area (Å²) in [6.45, 7) is 0. The van der Waals surface area contributed by atoms with Gasteiger partial charge >= 0.3 is 6.18 Å². The first-order valence-electron chi connectivity index (χ1n) is 5.89. The van der Waals surface area contributed by atoms with Crippen molar-refractivity contribution < 1.29 is 17.9 Å². The van der Waals surface area contributed by atoms with Crippen molar-refractivity contribution in [2.45, 2.75) is 11.1 Å². The third kappa shape index (κ3) is 3.78. The third-order valence-corrected chi connectivity index (χ3v) is 3.28. The van der Waals surface area contributed by atoms with E-state index >= 15 is 0 Å². The Bertz CT molecular complexity index is 634. The average Bonchev–Trinajstić information content (AvgIpc) is 2.46. The van der Waals surface area contributed by atoms with Crippen LogP contribution in [0.15, 0.2) is 35.2 Å². The van der Waals surface area contributed by atoms with Gasteiger partial charge in [0.05, 0.1) is 0 Å². The fourth-order valence-corrected chi connectivity index (χ4v) is 2.08. The summed E-state index contributed by atoms with van der Waals surface area (Å²) in [5.74, 6) is 0.128. The molecular formula is C13H12F3N3OS. The van der Waals surface area contributed by atoms with Gasteiger partial charge in [-0.05, 0) is 18.4 Å². The van der Waals surface area contributed by atoms with E-state index in [1.165, 1.54) is 18.8 Å². The second-order valence-corrected chi connectivity index (χ2v) is 4.76. The van der Waals surface area contributed by atoms with Crippen molar-refractivity contribution in [2.24, 2.45) is 0 Å². The number of nitrogens with zero attached hydrogens (tertiary/aromatic N) is 2. The third-order valence-electron chi connectivity index (χ3n) is 2.50. The number of anilines is 1. The van der Waals surface area contributed by atoms with Crippen LogP contribution in [0.1, 0.15) is 5.69 Å². The molecule has 0 fully saturated rings. The zero-order valence-electron chi connectivity index (χ0n) is 11.2. The Kier molecular flexibility index (Phi) is 4.56. The van der Waals surface area contributed by atoms with Crippen LogP contribution in [0.5, 0.6) is 11.6 Å². The molecule has 1 N–H and O–H groups in total. The topological polar surface area (TPSA) is 47.0 Å². The van der Waals surface area contributed by atoms with Crippen molar-refractivity contribution >= 4 is 17.7 Å². The maximum absolute atomic E-state index is 12.8. The molecule has 0 spiro atoms. The highest BCUT2D eigenvalue weighted by atomic mass is 32.2. The molecule has 1 aromatic heterocycles. The monoisotopic (exact) mass is 315 g/mol. The van der Waals surface area contributed by atoms with Gasteiger partial charge in [0.25, 0.3) is 0 Å². The van der Waals surface area contributed by atoms with E-state index in [4.69, 9.17) is 4.74 Å². The molecular weight excluding hydrogens is 303 g/mol. The van der Waals surface area contributed by atoms with Crippen LogP contribution in [0.25, 0.3) is 0 Å². The Morgan fingerprint density at radius 3 is 2.52 bits per heavy atom. The normalized spacial score (nSPS) is 11.3. The molecule has 0 bridgehead atoms. The largest absolute Gasteiger partial charge is 0.438 e. The fraction of sp³-hybridized carbons (Fsp3) is 0.231. The van der Waals surface area contributed by atoms with E-state index in [9.17, 15) is 13.2 Å². The summed E-state index contributed by atoms with van der Waals surface area (Å²) in [5.41, 5.74) is -1.06. The van der Waals surface area contributed by atoms with Crippen LogP contribution in [0, 0.1) is 0 Å². The van der Waals surface area contributed by atoms with Crippen LogP contribution in [0.4, 0.5) is 19.1 Å². The van der Waals surface area contributed by atoms with Crippen LogP contribution < -0.4 is 10.1 Å². The Labute approximate surface area is 123 Å². The molecule has 0 saturated heterocycles. The van der Waals surface area contributed by atoms with Crippen molar-refractivity contribution in [3.63, 3.8) is 0 Å². The summed E-state index contributed by atoms with van der Waals surface area (Å²) >= 11 is 1.43. The van der Waals surface area contributed by atoms with Gasteiger partial charge in [-0.3, -0.25) is 0 Å². The van der Waals surface area contributed by atoms with Gasteiger partial charge in [-0.25, -0.2) is 4.98 Å². The van der Waals surface area contributed by atoms with E-state index in [-0.39, 0.29) is 11.8 Å². The lowest BCUT2D eigenvalue weighted by molar-refractivity contribution is -0.141. The molecule has 4 nitrogen and oxygen atoms in total. The van der Waals surface area contributed by atoms with Crippen molar-refractivity contribution in [1.82, 2.24) is 9.97 Å². The lowest BCUT2D eigenvalue weighted by Crippen LogP contribution is -2.11. The summed E-state index contributed by atoms with van der Waals surface area (Å²) in [7, 11) is 1.44. The summed E-state index contributed by atoms with van der Waals surface area (Å²) in [6.07, 6.45) is -2.71. The first-order chi connectivity index (χ1) is 9.94. The Balaban J connectivity index is 2.39. The number of hydrogen-bond donors (Lipinski definition) is 1. The van der Waals surface area contributed by atoms with Crippen molar-refractivity contribution in [2.75, 3.05) is 18.6 Å². The minimum atomic E-state index is -4.56. The Morgan fingerprint density at radius 2 is 1.90 bits per heavy atom. The van der Waals surface area contributed by atoms with Gasteiger partial charge in [-0.15, -0.1) is 11.8 Å². The summed E-state index contributed by atoms with van der Waals surface area (Å²) < 4.78 is 43.8. The lowest BCUT2D eigenvalue weighted by Gasteiger charge is -2.12. The minimum absolute atomic E-state index is 0.151. The standard InChI is InChI=1S/C13H12F3N3OS/c1-17-12-18-10(13(14,15)16)7-11(19-12)20-8-5-3-4-6-9(8)21-2/h3-7H,1-2H3,(H,17,18,19). The number of thioether (sulfide) groups is 1. The van der Waals surface area contributed by atoms with Gasteiger partial charge in [0.2, 0.25) is 11.8 Å². The minimum Gasteiger partial charge on any atom is -0.438 e. The predicted octanol–water partition coefficient (Wildman–Crippen LogP) is 4.05. The van der Waals surface area contributed by atoms with Crippen LogP contribution in [-0.2, 0) is 6.18 Å². The number of alkyl halides is 3. The molecule has 2 rings (SSSR count). The van der Waals surface area contributed by atoms with Crippen LogP contribution in [0.2, 0.25) is 0 Å². The smallest absolute Gasteiger partial charge is 0.433 e. The van der Waals surface area contributed by atoms with Crippen LogP contribution in [-0.4, -0.2) is 23.3 Å². The molecule has 112 valence electrons. The number of hydrogen-bond acceptors (Lipinski definition) is 5. The molecule has 0 saturated carbocycles. The van der Waals surface area contributed by atoms with Crippen molar-refractivity contribution in [1.29, 1.82) is 0 Å². The number of nitrogens with one attached hydrogen (secondary N) is 1. The van der Waals surface area contributed by atoms with E-state index in [0.717, 1.165) is 11.0 Å². The van der Waals surface area contributed by atoms with Gasteiger partial charge in [-0.1, -0.05) is 12.1 Å². The highest BCUT2D eigenvalue weighted by molar-refractivity contribution is 7.98. The number of ether oxygens (including phenoxy) is 1.